The first kappa shape index (κ1) is 18.0. The number of phenolic OH excluding ortho intramolecular Hbond substituents is 1. The number of phenols is 1. The van der Waals surface area contributed by atoms with Crippen LogP contribution in [0.4, 0.5) is 11.4 Å². The fourth-order valence-electron chi connectivity index (χ4n) is 3.22. The molecule has 0 heterocycles. The molecule has 0 aromatic heterocycles. The lowest BCUT2D eigenvalue weighted by Crippen LogP contribution is -1.98. The molecule has 0 amide bonds. The van der Waals surface area contributed by atoms with Gasteiger partial charge in [-0.15, -0.1) is 5.10 Å². The third kappa shape index (κ3) is 3.10. The maximum absolute atomic E-state index is 11.1. The molecule has 0 radical (unpaired) electrons. The lowest BCUT2D eigenvalue weighted by molar-refractivity contribution is -0.394. The first-order valence-electron chi connectivity index (χ1n) is 8.43. The highest BCUT2D eigenvalue weighted by Gasteiger charge is 2.25. The van der Waals surface area contributed by atoms with E-state index >= 15 is 0 Å². The minimum absolute atomic E-state index is 0.171. The van der Waals surface area contributed by atoms with E-state index in [2.05, 4.69) is 10.2 Å². The monoisotopic (exact) mass is 388 g/mol. The van der Waals surface area contributed by atoms with Gasteiger partial charge in [0.2, 0.25) is 5.75 Å². The van der Waals surface area contributed by atoms with Crippen molar-refractivity contribution >= 4 is 23.3 Å². The number of rotatable bonds is 4. The van der Waals surface area contributed by atoms with Crippen LogP contribution in [0.1, 0.15) is 16.7 Å². The highest BCUT2D eigenvalue weighted by Crippen LogP contribution is 2.37. The van der Waals surface area contributed by atoms with E-state index in [1.807, 2.05) is 48.5 Å². The number of fused-ring (bicyclic) bond motifs is 3. The first-order chi connectivity index (χ1) is 14.0. The fraction of sp³-hybridized carbons (Fsp3) is 0. The van der Waals surface area contributed by atoms with E-state index in [4.69, 9.17) is 0 Å². The Balaban J connectivity index is 1.79. The van der Waals surface area contributed by atoms with E-state index in [1.165, 1.54) is 0 Å². The molecule has 29 heavy (non-hydrogen) atoms. The third-order valence-corrected chi connectivity index (χ3v) is 4.52. The molecular formula is C20H12N4O5. The molecule has 9 heteroatoms. The van der Waals surface area contributed by atoms with E-state index in [0.29, 0.717) is 11.8 Å². The average molecular weight is 388 g/mol. The highest BCUT2D eigenvalue weighted by molar-refractivity contribution is 6.24. The van der Waals surface area contributed by atoms with Crippen LogP contribution in [0.2, 0.25) is 0 Å². The molecule has 0 spiro atoms. The second-order valence-corrected chi connectivity index (χ2v) is 6.20. The van der Waals surface area contributed by atoms with E-state index in [-0.39, 0.29) is 5.56 Å². The van der Waals surface area contributed by atoms with Crippen molar-refractivity contribution in [3.8, 4) is 16.9 Å². The topological polar surface area (TPSA) is 131 Å². The lowest BCUT2D eigenvalue weighted by atomic mass is 10.1. The molecule has 1 N–H and O–H groups in total. The molecule has 3 aromatic carbocycles. The molecule has 0 saturated carbocycles. The Bertz CT molecular complexity index is 1190. The number of hydrogen-bond acceptors (Lipinski definition) is 7. The zero-order chi connectivity index (χ0) is 20.5. The largest absolute Gasteiger partial charge is 0.502 e. The Hall–Kier alpha value is -4.40. The van der Waals surface area contributed by atoms with E-state index in [1.54, 1.807) is 0 Å². The van der Waals surface area contributed by atoms with Crippen LogP contribution < -0.4 is 0 Å². The van der Waals surface area contributed by atoms with Crippen molar-refractivity contribution in [1.29, 1.82) is 0 Å². The number of nitro groups is 2. The minimum Gasteiger partial charge on any atom is -0.502 e. The second kappa shape index (κ2) is 6.97. The summed E-state index contributed by atoms with van der Waals surface area (Å²) in [5, 5.41) is 40.3. The quantitative estimate of drug-likeness (QED) is 0.320. The molecule has 0 saturated heterocycles. The molecule has 0 atom stereocenters. The third-order valence-electron chi connectivity index (χ3n) is 4.52. The van der Waals surface area contributed by atoms with Gasteiger partial charge in [-0.1, -0.05) is 48.5 Å². The van der Waals surface area contributed by atoms with Gasteiger partial charge in [-0.2, -0.15) is 5.10 Å². The molecule has 9 nitrogen and oxygen atoms in total. The number of hydrogen-bond donors (Lipinski definition) is 1. The molecule has 1 aliphatic carbocycles. The van der Waals surface area contributed by atoms with Crippen LogP contribution in [0.3, 0.4) is 0 Å². The molecule has 4 rings (SSSR count). The van der Waals surface area contributed by atoms with Gasteiger partial charge < -0.3 is 5.11 Å². The number of aromatic hydroxyl groups is 1. The Morgan fingerprint density at radius 2 is 1.38 bits per heavy atom. The van der Waals surface area contributed by atoms with E-state index < -0.39 is 27.0 Å². The van der Waals surface area contributed by atoms with Crippen molar-refractivity contribution in [1.82, 2.24) is 0 Å². The van der Waals surface area contributed by atoms with Crippen molar-refractivity contribution in [2.75, 3.05) is 0 Å². The predicted molar refractivity (Wildman–Crippen MR) is 107 cm³/mol. The summed E-state index contributed by atoms with van der Waals surface area (Å²) in [6, 6.07) is 17.0. The zero-order valence-corrected chi connectivity index (χ0v) is 14.7. The van der Waals surface area contributed by atoms with Gasteiger partial charge in [0.1, 0.15) is 5.71 Å². The van der Waals surface area contributed by atoms with Crippen LogP contribution >= 0.6 is 0 Å². The van der Waals surface area contributed by atoms with Gasteiger partial charge in [-0.3, -0.25) is 20.2 Å². The highest BCUT2D eigenvalue weighted by atomic mass is 16.6. The molecule has 0 fully saturated rings. The van der Waals surface area contributed by atoms with Gasteiger partial charge in [0.15, 0.2) is 0 Å². The zero-order valence-electron chi connectivity index (χ0n) is 14.7. The lowest BCUT2D eigenvalue weighted by Gasteiger charge is -2.01. The Morgan fingerprint density at radius 1 is 0.828 bits per heavy atom. The van der Waals surface area contributed by atoms with Crippen LogP contribution in [-0.2, 0) is 0 Å². The van der Waals surface area contributed by atoms with Crippen LogP contribution in [0.15, 0.2) is 70.9 Å². The van der Waals surface area contributed by atoms with Gasteiger partial charge in [-0.05, 0) is 11.1 Å². The maximum atomic E-state index is 11.1. The summed E-state index contributed by atoms with van der Waals surface area (Å²) in [4.78, 5) is 20.4. The number of nitrogens with zero attached hydrogens (tertiary/aromatic N) is 4. The Kier molecular flexibility index (Phi) is 4.32. The summed E-state index contributed by atoms with van der Waals surface area (Å²) in [7, 11) is 0. The Morgan fingerprint density at radius 3 is 1.90 bits per heavy atom. The van der Waals surface area contributed by atoms with Gasteiger partial charge in [0.05, 0.1) is 27.7 Å². The van der Waals surface area contributed by atoms with Crippen LogP contribution in [0, 0.1) is 20.2 Å². The molecular weight excluding hydrogens is 376 g/mol. The number of nitro benzene ring substituents is 2. The fourth-order valence-corrected chi connectivity index (χ4v) is 3.22. The van der Waals surface area contributed by atoms with E-state index in [0.717, 1.165) is 34.5 Å². The molecule has 1 aliphatic rings. The smallest absolute Gasteiger partial charge is 0.318 e. The van der Waals surface area contributed by atoms with Crippen LogP contribution in [0.5, 0.6) is 5.75 Å². The normalized spacial score (nSPS) is 11.9. The van der Waals surface area contributed by atoms with Crippen LogP contribution in [0.25, 0.3) is 11.1 Å². The molecule has 0 aliphatic heterocycles. The summed E-state index contributed by atoms with van der Waals surface area (Å²) in [5.41, 5.74) is 2.89. The van der Waals surface area contributed by atoms with Gasteiger partial charge in [0, 0.05) is 17.2 Å². The second-order valence-electron chi connectivity index (χ2n) is 6.20. The maximum Gasteiger partial charge on any atom is 0.318 e. The van der Waals surface area contributed by atoms with Crippen molar-refractivity contribution in [3.05, 3.63) is 97.6 Å². The summed E-state index contributed by atoms with van der Waals surface area (Å²) < 4.78 is 0. The SMILES string of the molecule is O=[N+]([O-])c1cc(/C=N/N=C2c3ccccc3-c3ccccc32)c(O)c([N+](=O)[O-])c1. The first-order valence-corrected chi connectivity index (χ1v) is 8.43. The van der Waals surface area contributed by atoms with Gasteiger partial charge in [0.25, 0.3) is 5.69 Å². The molecule has 3 aromatic rings. The average Bonchev–Trinajstić information content (AvgIpc) is 3.03. The number of benzene rings is 3. The summed E-state index contributed by atoms with van der Waals surface area (Å²) in [5.74, 6) is -0.711. The van der Waals surface area contributed by atoms with Gasteiger partial charge >= 0.3 is 5.69 Å². The molecule has 0 bridgehead atoms. The molecule has 142 valence electrons. The Labute approximate surface area is 163 Å². The minimum atomic E-state index is -0.894. The van der Waals surface area contributed by atoms with Crippen molar-refractivity contribution in [3.63, 3.8) is 0 Å². The van der Waals surface area contributed by atoms with Crippen LogP contribution in [-0.4, -0.2) is 26.9 Å². The number of non-ortho nitro benzene ring substituents is 1. The predicted octanol–water partition coefficient (Wildman–Crippen LogP) is 4.06. The van der Waals surface area contributed by atoms with Gasteiger partial charge in [-0.25, -0.2) is 0 Å². The standard InChI is InChI=1S/C20H12N4O5/c25-20-12(9-13(23(26)27)10-18(20)24(28)29)11-21-22-19-16-7-3-1-5-14(16)15-6-2-4-8-17(15)19/h1-11,25H/b21-11+. The summed E-state index contributed by atoms with van der Waals surface area (Å²) in [6.07, 6.45) is 1.06. The van der Waals surface area contributed by atoms with E-state index in [9.17, 15) is 25.3 Å². The molecule has 0 unspecified atom stereocenters. The van der Waals surface area contributed by atoms with Crippen molar-refractivity contribution in [2.24, 2.45) is 10.2 Å². The van der Waals surface area contributed by atoms with Crippen molar-refractivity contribution < 1.29 is 15.0 Å². The summed E-state index contributed by atoms with van der Waals surface area (Å²) in [6.45, 7) is 0. The summed E-state index contributed by atoms with van der Waals surface area (Å²) >= 11 is 0. The van der Waals surface area contributed by atoms with Crippen molar-refractivity contribution in [2.45, 2.75) is 0 Å².